The summed E-state index contributed by atoms with van der Waals surface area (Å²) in [6, 6.07) is 37.6. The van der Waals surface area contributed by atoms with Crippen LogP contribution in [0.15, 0.2) is 103 Å². The SMILES string of the molecule is OC(c1ccc2ccc3cccc4ccc1c2c34)c1ccc2ccc3c(N4CCCCC4)ccc4ccc1c2c43. The lowest BCUT2D eigenvalue weighted by Gasteiger charge is -2.30. The predicted octanol–water partition coefficient (Wildman–Crippen LogP) is 9.55. The summed E-state index contributed by atoms with van der Waals surface area (Å²) >= 11 is 0. The molecule has 8 aromatic carbocycles. The zero-order valence-electron chi connectivity index (χ0n) is 22.3. The van der Waals surface area contributed by atoms with E-state index in [-0.39, 0.29) is 0 Å². The van der Waals surface area contributed by atoms with Crippen LogP contribution in [-0.2, 0) is 0 Å². The van der Waals surface area contributed by atoms with Crippen LogP contribution in [0.2, 0.25) is 0 Å². The standard InChI is InChI=1S/C38H29NO/c40-38(30-17-11-25-8-7-23-5-4-6-24-9-15-28(30)35(25)34(23)24)31-18-12-26-13-19-32-33(39-21-2-1-3-22-39)20-14-27-10-16-29(31)36(26)37(27)32/h4-20,38,40H,1-3,21-22H2. The van der Waals surface area contributed by atoms with E-state index in [1.54, 1.807) is 0 Å². The lowest BCUT2D eigenvalue weighted by atomic mass is 9.86. The Balaban J connectivity index is 1.28. The van der Waals surface area contributed by atoms with Gasteiger partial charge in [0.2, 0.25) is 0 Å². The molecule has 1 aliphatic rings. The summed E-state index contributed by atoms with van der Waals surface area (Å²) in [5.74, 6) is 0. The van der Waals surface area contributed by atoms with Crippen molar-refractivity contribution in [3.63, 3.8) is 0 Å². The number of nitrogens with zero attached hydrogens (tertiary/aromatic N) is 1. The van der Waals surface area contributed by atoms with Gasteiger partial charge < -0.3 is 10.0 Å². The van der Waals surface area contributed by atoms with Crippen molar-refractivity contribution in [2.24, 2.45) is 0 Å². The molecular formula is C38H29NO. The molecule has 2 heteroatoms. The van der Waals surface area contributed by atoms with Gasteiger partial charge in [0.1, 0.15) is 6.10 Å². The monoisotopic (exact) mass is 515 g/mol. The minimum atomic E-state index is -0.726. The van der Waals surface area contributed by atoms with Crippen molar-refractivity contribution in [1.29, 1.82) is 0 Å². The normalized spacial score (nSPS) is 15.5. The second-order valence-electron chi connectivity index (χ2n) is 11.6. The van der Waals surface area contributed by atoms with Crippen LogP contribution in [0.1, 0.15) is 36.5 Å². The van der Waals surface area contributed by atoms with Gasteiger partial charge in [0.05, 0.1) is 0 Å². The van der Waals surface area contributed by atoms with Crippen LogP contribution in [0, 0.1) is 0 Å². The maximum absolute atomic E-state index is 12.1. The molecule has 1 saturated heterocycles. The van der Waals surface area contributed by atoms with Crippen LogP contribution in [0.4, 0.5) is 5.69 Å². The largest absolute Gasteiger partial charge is 0.384 e. The molecule has 1 heterocycles. The van der Waals surface area contributed by atoms with Gasteiger partial charge >= 0.3 is 0 Å². The van der Waals surface area contributed by atoms with Crippen molar-refractivity contribution < 1.29 is 5.11 Å². The number of aliphatic hydroxyl groups is 1. The summed E-state index contributed by atoms with van der Waals surface area (Å²) in [4.78, 5) is 2.57. The van der Waals surface area contributed by atoms with Crippen molar-refractivity contribution in [3.8, 4) is 0 Å². The molecule has 0 amide bonds. The van der Waals surface area contributed by atoms with Crippen molar-refractivity contribution in [1.82, 2.24) is 0 Å². The average molecular weight is 516 g/mol. The zero-order valence-corrected chi connectivity index (χ0v) is 22.3. The van der Waals surface area contributed by atoms with Gasteiger partial charge in [0, 0.05) is 24.2 Å². The van der Waals surface area contributed by atoms with Crippen molar-refractivity contribution in [2.45, 2.75) is 25.4 Å². The number of hydrogen-bond donors (Lipinski definition) is 1. The minimum absolute atomic E-state index is 0.726. The third-order valence-electron chi connectivity index (χ3n) is 9.52. The van der Waals surface area contributed by atoms with Gasteiger partial charge in [-0.05, 0) is 95.7 Å². The molecular weight excluding hydrogens is 486 g/mol. The molecule has 1 N–H and O–H groups in total. The van der Waals surface area contributed by atoms with Crippen molar-refractivity contribution in [2.75, 3.05) is 18.0 Å². The molecule has 2 nitrogen and oxygen atoms in total. The number of hydrogen-bond acceptors (Lipinski definition) is 2. The second-order valence-corrected chi connectivity index (χ2v) is 11.6. The molecule has 8 aromatic rings. The molecule has 1 atom stereocenters. The Morgan fingerprint density at radius 2 is 0.900 bits per heavy atom. The van der Waals surface area contributed by atoms with E-state index in [0.717, 1.165) is 35.0 Å². The summed E-state index contributed by atoms with van der Waals surface area (Å²) in [6.07, 6.45) is 3.12. The van der Waals surface area contributed by atoms with E-state index in [4.69, 9.17) is 0 Å². The third-order valence-corrected chi connectivity index (χ3v) is 9.52. The molecule has 0 spiro atoms. The minimum Gasteiger partial charge on any atom is -0.384 e. The Labute approximate surface area is 232 Å². The fourth-order valence-corrected chi connectivity index (χ4v) is 7.62. The Morgan fingerprint density at radius 3 is 1.52 bits per heavy atom. The highest BCUT2D eigenvalue weighted by atomic mass is 16.3. The molecule has 0 aromatic heterocycles. The summed E-state index contributed by atoms with van der Waals surface area (Å²) in [7, 11) is 0. The Hall–Kier alpha value is -4.40. The van der Waals surface area contributed by atoms with E-state index in [1.165, 1.54) is 78.8 Å². The van der Waals surface area contributed by atoms with E-state index in [1.807, 2.05) is 0 Å². The first kappa shape index (κ1) is 22.4. The number of aliphatic hydroxyl groups excluding tert-OH is 1. The molecule has 40 heavy (non-hydrogen) atoms. The van der Waals surface area contributed by atoms with E-state index < -0.39 is 6.10 Å². The summed E-state index contributed by atoms with van der Waals surface area (Å²) in [6.45, 7) is 2.26. The van der Waals surface area contributed by atoms with Gasteiger partial charge in [-0.25, -0.2) is 0 Å². The third kappa shape index (κ3) is 3.03. The van der Waals surface area contributed by atoms with E-state index in [0.29, 0.717) is 0 Å². The van der Waals surface area contributed by atoms with Crippen LogP contribution >= 0.6 is 0 Å². The lowest BCUT2D eigenvalue weighted by Crippen LogP contribution is -2.29. The maximum Gasteiger partial charge on any atom is 0.105 e. The molecule has 9 rings (SSSR count). The van der Waals surface area contributed by atoms with Gasteiger partial charge in [-0.15, -0.1) is 0 Å². The van der Waals surface area contributed by atoms with Crippen LogP contribution in [0.3, 0.4) is 0 Å². The Kier molecular flexibility index (Phi) is 4.65. The molecule has 0 radical (unpaired) electrons. The molecule has 192 valence electrons. The maximum atomic E-state index is 12.1. The van der Waals surface area contributed by atoms with Gasteiger partial charge in [-0.1, -0.05) is 97.1 Å². The van der Waals surface area contributed by atoms with Crippen LogP contribution in [0.25, 0.3) is 64.6 Å². The Bertz CT molecular complexity index is 2210. The highest BCUT2D eigenvalue weighted by molar-refractivity contribution is 6.26. The van der Waals surface area contributed by atoms with E-state index in [2.05, 4.69) is 108 Å². The smallest absolute Gasteiger partial charge is 0.105 e. The molecule has 0 saturated carbocycles. The van der Waals surface area contributed by atoms with Gasteiger partial charge in [0.15, 0.2) is 0 Å². The fourth-order valence-electron chi connectivity index (χ4n) is 7.62. The average Bonchev–Trinajstić information content (AvgIpc) is 3.02. The summed E-state index contributed by atoms with van der Waals surface area (Å²) in [5, 5.41) is 27.0. The molecule has 1 aliphatic heterocycles. The van der Waals surface area contributed by atoms with Gasteiger partial charge in [0.25, 0.3) is 0 Å². The number of piperidine rings is 1. The lowest BCUT2D eigenvalue weighted by molar-refractivity contribution is 0.223. The fraction of sp³-hybridized carbons (Fsp3) is 0.158. The first-order valence-corrected chi connectivity index (χ1v) is 14.6. The number of rotatable bonds is 3. The summed E-state index contributed by atoms with van der Waals surface area (Å²) < 4.78 is 0. The van der Waals surface area contributed by atoms with Crippen LogP contribution in [-0.4, -0.2) is 18.2 Å². The van der Waals surface area contributed by atoms with Gasteiger partial charge in [-0.2, -0.15) is 0 Å². The second kappa shape index (κ2) is 8.30. The van der Waals surface area contributed by atoms with E-state index in [9.17, 15) is 5.11 Å². The highest BCUT2D eigenvalue weighted by Gasteiger charge is 2.22. The Morgan fingerprint density at radius 1 is 0.450 bits per heavy atom. The van der Waals surface area contributed by atoms with Crippen LogP contribution < -0.4 is 4.90 Å². The first-order chi connectivity index (χ1) is 19.8. The predicted molar refractivity (Wildman–Crippen MR) is 170 cm³/mol. The number of benzene rings is 8. The van der Waals surface area contributed by atoms with Gasteiger partial charge in [-0.3, -0.25) is 0 Å². The quantitative estimate of drug-likeness (QED) is 0.237. The first-order valence-electron chi connectivity index (χ1n) is 14.6. The molecule has 1 fully saturated rings. The zero-order chi connectivity index (χ0) is 26.4. The van der Waals surface area contributed by atoms with Crippen LogP contribution in [0.5, 0.6) is 0 Å². The topological polar surface area (TPSA) is 23.5 Å². The number of anilines is 1. The van der Waals surface area contributed by atoms with Crippen molar-refractivity contribution >= 4 is 70.3 Å². The van der Waals surface area contributed by atoms with E-state index >= 15 is 0 Å². The van der Waals surface area contributed by atoms with Crippen molar-refractivity contribution in [3.05, 3.63) is 114 Å². The molecule has 0 bridgehead atoms. The molecule has 1 unspecified atom stereocenters. The highest BCUT2D eigenvalue weighted by Crippen LogP contribution is 2.44. The molecule has 0 aliphatic carbocycles. The summed E-state index contributed by atoms with van der Waals surface area (Å²) in [5.41, 5.74) is 3.29.